The van der Waals surface area contributed by atoms with Crippen LogP contribution in [-0.2, 0) is 10.9 Å². The molecule has 0 radical (unpaired) electrons. The molecule has 1 N–H and O–H groups in total. The van der Waals surface area contributed by atoms with Gasteiger partial charge in [-0.1, -0.05) is 6.07 Å². The molecule has 0 spiro atoms. The zero-order valence-electron chi connectivity index (χ0n) is 10.1. The lowest BCUT2D eigenvalue weighted by Gasteiger charge is -2.14. The lowest BCUT2D eigenvalue weighted by molar-refractivity contribution is -0.140. The van der Waals surface area contributed by atoms with Crippen molar-refractivity contribution in [2.45, 2.75) is 25.1 Å². The lowest BCUT2D eigenvalue weighted by Crippen LogP contribution is -2.11. The molecule has 1 unspecified atom stereocenters. The highest BCUT2D eigenvalue weighted by Crippen LogP contribution is 2.32. The molecule has 2 nitrogen and oxygen atoms in total. The van der Waals surface area contributed by atoms with Crippen LogP contribution in [0.2, 0.25) is 0 Å². The van der Waals surface area contributed by atoms with Gasteiger partial charge >= 0.3 is 6.18 Å². The van der Waals surface area contributed by atoms with E-state index in [4.69, 9.17) is 0 Å². The van der Waals surface area contributed by atoms with Gasteiger partial charge in [0.2, 0.25) is 0 Å². The van der Waals surface area contributed by atoms with E-state index in [0.717, 1.165) is 6.07 Å². The van der Waals surface area contributed by atoms with Crippen LogP contribution in [0.15, 0.2) is 18.2 Å². The minimum absolute atomic E-state index is 0.0730. The monoisotopic (exact) mass is 302 g/mol. The summed E-state index contributed by atoms with van der Waals surface area (Å²) in [7, 11) is 0. The lowest BCUT2D eigenvalue weighted by atomic mass is 10.0. The highest BCUT2D eigenvalue weighted by molar-refractivity contribution is 5.27. The fourth-order valence-electron chi connectivity index (χ4n) is 1.50. The predicted molar refractivity (Wildman–Crippen MR) is 57.8 cm³/mol. The number of ether oxygens (including phenoxy) is 1. The highest BCUT2D eigenvalue weighted by atomic mass is 19.4. The summed E-state index contributed by atoms with van der Waals surface area (Å²) in [6.07, 6.45) is -8.87. The summed E-state index contributed by atoms with van der Waals surface area (Å²) in [5, 5.41) is 9.59. The van der Waals surface area contributed by atoms with Gasteiger partial charge in [-0.3, -0.25) is 0 Å². The maximum Gasteiger partial charge on any atom is 0.419 e. The van der Waals surface area contributed by atoms with E-state index < -0.39 is 36.7 Å². The molecule has 1 aromatic carbocycles. The van der Waals surface area contributed by atoms with Gasteiger partial charge in [-0.05, 0) is 17.7 Å². The van der Waals surface area contributed by atoms with Gasteiger partial charge in [-0.2, -0.15) is 13.2 Å². The van der Waals surface area contributed by atoms with Crippen LogP contribution < -0.4 is 0 Å². The summed E-state index contributed by atoms with van der Waals surface area (Å²) in [5.74, 6) is -1.50. The molecule has 1 rings (SSSR count). The topological polar surface area (TPSA) is 29.5 Å². The molecule has 0 aliphatic rings. The fourth-order valence-corrected chi connectivity index (χ4v) is 1.50. The Morgan fingerprint density at radius 2 is 1.85 bits per heavy atom. The normalized spacial score (nSPS) is 13.8. The molecular formula is C12H12F6O2. The maximum atomic E-state index is 13.2. The first-order chi connectivity index (χ1) is 9.21. The second kappa shape index (κ2) is 6.94. The van der Waals surface area contributed by atoms with E-state index in [2.05, 4.69) is 4.74 Å². The number of hydrogen-bond donors (Lipinski definition) is 1. The molecule has 8 heteroatoms. The van der Waals surface area contributed by atoms with Crippen LogP contribution in [0, 0.1) is 5.82 Å². The first-order valence-corrected chi connectivity index (χ1v) is 5.62. The SMILES string of the molecule is OC(CCOCC(F)F)c1ccc(C(F)(F)F)c(F)c1. The maximum absolute atomic E-state index is 13.2. The summed E-state index contributed by atoms with van der Waals surface area (Å²) < 4.78 is 78.2. The number of aliphatic hydroxyl groups excluding tert-OH is 1. The van der Waals surface area contributed by atoms with Gasteiger partial charge in [-0.15, -0.1) is 0 Å². The highest BCUT2D eigenvalue weighted by Gasteiger charge is 2.34. The molecule has 114 valence electrons. The molecule has 1 aromatic rings. The van der Waals surface area contributed by atoms with E-state index in [0.29, 0.717) is 12.1 Å². The predicted octanol–water partition coefficient (Wildman–Crippen LogP) is 3.55. The molecule has 20 heavy (non-hydrogen) atoms. The standard InChI is InChI=1S/C12H12F6O2/c13-9-5-7(1-2-8(9)12(16,17)18)10(19)3-4-20-6-11(14)15/h1-2,5,10-11,19H,3-4,6H2. The summed E-state index contributed by atoms with van der Waals surface area (Å²) in [5.41, 5.74) is -1.50. The summed E-state index contributed by atoms with van der Waals surface area (Å²) in [6.45, 7) is -1.01. The third-order valence-corrected chi connectivity index (χ3v) is 2.46. The van der Waals surface area contributed by atoms with Crippen molar-refractivity contribution < 1.29 is 36.2 Å². The van der Waals surface area contributed by atoms with Crippen LogP contribution in [0.1, 0.15) is 23.7 Å². The molecule has 0 heterocycles. The summed E-state index contributed by atoms with van der Waals surface area (Å²) in [6, 6.07) is 2.03. The van der Waals surface area contributed by atoms with Crippen molar-refractivity contribution in [2.75, 3.05) is 13.2 Å². The van der Waals surface area contributed by atoms with Crippen molar-refractivity contribution in [1.82, 2.24) is 0 Å². The molecule has 1 atom stereocenters. The van der Waals surface area contributed by atoms with Gasteiger partial charge < -0.3 is 9.84 Å². The molecule has 0 bridgehead atoms. The van der Waals surface area contributed by atoms with E-state index in [1.54, 1.807) is 0 Å². The van der Waals surface area contributed by atoms with Crippen LogP contribution in [0.5, 0.6) is 0 Å². The molecule has 0 aliphatic carbocycles. The zero-order chi connectivity index (χ0) is 15.3. The van der Waals surface area contributed by atoms with Gasteiger partial charge in [0.05, 0.1) is 11.7 Å². The number of benzene rings is 1. The second-order valence-electron chi connectivity index (χ2n) is 4.01. The average Bonchev–Trinajstić information content (AvgIpc) is 2.32. The Kier molecular flexibility index (Phi) is 5.82. The molecule has 0 aromatic heterocycles. The Hall–Kier alpha value is -1.28. The Morgan fingerprint density at radius 3 is 2.35 bits per heavy atom. The van der Waals surface area contributed by atoms with Crippen LogP contribution in [0.3, 0.4) is 0 Å². The molecular weight excluding hydrogens is 290 g/mol. The van der Waals surface area contributed by atoms with E-state index >= 15 is 0 Å². The van der Waals surface area contributed by atoms with Crippen LogP contribution in [-0.4, -0.2) is 24.7 Å². The molecule has 0 saturated heterocycles. The van der Waals surface area contributed by atoms with Gasteiger partial charge in [-0.25, -0.2) is 13.2 Å². The number of rotatable bonds is 6. The minimum Gasteiger partial charge on any atom is -0.388 e. The van der Waals surface area contributed by atoms with Gasteiger partial charge in [0.15, 0.2) is 0 Å². The average molecular weight is 302 g/mol. The third kappa shape index (κ3) is 5.01. The molecule has 0 saturated carbocycles. The van der Waals surface area contributed by atoms with Crippen LogP contribution >= 0.6 is 0 Å². The number of aliphatic hydroxyl groups is 1. The van der Waals surface area contributed by atoms with Gasteiger partial charge in [0.1, 0.15) is 12.4 Å². The first-order valence-electron chi connectivity index (χ1n) is 5.62. The molecule has 0 fully saturated rings. The smallest absolute Gasteiger partial charge is 0.388 e. The molecule has 0 aliphatic heterocycles. The largest absolute Gasteiger partial charge is 0.419 e. The van der Waals surface area contributed by atoms with Gasteiger partial charge in [0, 0.05) is 13.0 Å². The third-order valence-electron chi connectivity index (χ3n) is 2.46. The zero-order valence-corrected chi connectivity index (χ0v) is 10.1. The Morgan fingerprint density at radius 1 is 1.20 bits per heavy atom. The van der Waals surface area contributed by atoms with Crippen LogP contribution in [0.4, 0.5) is 26.3 Å². The van der Waals surface area contributed by atoms with Crippen molar-refractivity contribution in [3.05, 3.63) is 35.1 Å². The second-order valence-corrected chi connectivity index (χ2v) is 4.01. The first kappa shape index (κ1) is 16.8. The van der Waals surface area contributed by atoms with Crippen molar-refractivity contribution >= 4 is 0 Å². The van der Waals surface area contributed by atoms with E-state index in [-0.39, 0.29) is 18.6 Å². The van der Waals surface area contributed by atoms with Crippen molar-refractivity contribution in [1.29, 1.82) is 0 Å². The minimum atomic E-state index is -4.81. The van der Waals surface area contributed by atoms with Crippen molar-refractivity contribution in [3.63, 3.8) is 0 Å². The molecule has 0 amide bonds. The van der Waals surface area contributed by atoms with E-state index in [1.165, 1.54) is 0 Å². The quantitative estimate of drug-likeness (QED) is 0.643. The van der Waals surface area contributed by atoms with E-state index in [1.807, 2.05) is 0 Å². The number of hydrogen-bond acceptors (Lipinski definition) is 2. The van der Waals surface area contributed by atoms with Crippen molar-refractivity contribution in [3.8, 4) is 0 Å². The Labute approximate surface area is 111 Å². The fraction of sp³-hybridized carbons (Fsp3) is 0.500. The Balaban J connectivity index is 2.61. The number of alkyl halides is 5. The number of halogens is 6. The Bertz CT molecular complexity index is 432. The summed E-state index contributed by atoms with van der Waals surface area (Å²) >= 11 is 0. The summed E-state index contributed by atoms with van der Waals surface area (Å²) in [4.78, 5) is 0. The van der Waals surface area contributed by atoms with E-state index in [9.17, 15) is 31.4 Å². The van der Waals surface area contributed by atoms with Crippen molar-refractivity contribution in [2.24, 2.45) is 0 Å². The van der Waals surface area contributed by atoms with Crippen LogP contribution in [0.25, 0.3) is 0 Å². The van der Waals surface area contributed by atoms with Gasteiger partial charge in [0.25, 0.3) is 6.43 Å².